The van der Waals surface area contributed by atoms with Gasteiger partial charge in [-0.1, -0.05) is 39.0 Å². The largest absolute Gasteiger partial charge is 0.384 e. The van der Waals surface area contributed by atoms with Gasteiger partial charge in [-0.3, -0.25) is 0 Å². The second-order valence-electron chi connectivity index (χ2n) is 4.28. The minimum absolute atomic E-state index is 0.674. The second-order valence-corrected chi connectivity index (χ2v) is 5.76. The maximum atomic E-state index is 3.45. The molecule has 0 aliphatic rings. The summed E-state index contributed by atoms with van der Waals surface area (Å²) in [6.07, 6.45) is 0. The van der Waals surface area contributed by atoms with Gasteiger partial charge in [0.2, 0.25) is 0 Å². The van der Waals surface area contributed by atoms with Crippen LogP contribution in [0.1, 0.15) is 20.8 Å². The van der Waals surface area contributed by atoms with Crippen LogP contribution in [0.25, 0.3) is 0 Å². The molecule has 1 N–H and O–H groups in total. The van der Waals surface area contributed by atoms with E-state index in [1.54, 1.807) is 0 Å². The second kappa shape index (κ2) is 6.78. The molecule has 0 aromatic heterocycles. The lowest BCUT2D eigenvalue weighted by Crippen LogP contribution is -2.14. The quantitative estimate of drug-likeness (QED) is 0.785. The first kappa shape index (κ1) is 12.4. The van der Waals surface area contributed by atoms with Gasteiger partial charge in [-0.05, 0) is 23.8 Å². The highest BCUT2D eigenvalue weighted by molar-refractivity contribution is 7.99. The smallest absolute Gasteiger partial charge is 0.0340 e. The van der Waals surface area contributed by atoms with Crippen LogP contribution in [0.4, 0.5) is 5.69 Å². The maximum absolute atomic E-state index is 3.45. The minimum atomic E-state index is 0.674. The molecule has 0 spiro atoms. The zero-order chi connectivity index (χ0) is 11.1. The molecule has 0 saturated heterocycles. The fourth-order valence-electron chi connectivity index (χ4n) is 1.23. The predicted molar refractivity (Wildman–Crippen MR) is 71.7 cm³/mol. The average molecular weight is 223 g/mol. The number of hydrogen-bond acceptors (Lipinski definition) is 2. The molecular weight excluding hydrogens is 202 g/mol. The molecule has 1 atom stereocenters. The summed E-state index contributed by atoms with van der Waals surface area (Å²) >= 11 is 2.04. The molecule has 1 unspecified atom stereocenters. The average Bonchev–Trinajstić information content (AvgIpc) is 2.25. The number of rotatable bonds is 6. The van der Waals surface area contributed by atoms with E-state index >= 15 is 0 Å². The van der Waals surface area contributed by atoms with E-state index < -0.39 is 0 Å². The Labute approximate surface area is 97.7 Å². The SMILES string of the molecule is CC(C)CSC(C)CNc1ccccc1. The lowest BCUT2D eigenvalue weighted by atomic mass is 10.3. The van der Waals surface area contributed by atoms with Crippen LogP contribution in [-0.4, -0.2) is 17.5 Å². The van der Waals surface area contributed by atoms with E-state index in [4.69, 9.17) is 0 Å². The van der Waals surface area contributed by atoms with E-state index in [0.717, 1.165) is 12.5 Å². The zero-order valence-corrected chi connectivity index (χ0v) is 10.7. The zero-order valence-electron chi connectivity index (χ0n) is 9.86. The molecule has 1 aromatic rings. The summed E-state index contributed by atoms with van der Waals surface area (Å²) in [5.74, 6) is 2.03. The first-order chi connectivity index (χ1) is 7.18. The molecule has 1 rings (SSSR count). The predicted octanol–water partition coefficient (Wildman–Crippen LogP) is 3.88. The van der Waals surface area contributed by atoms with Crippen LogP contribution in [0, 0.1) is 5.92 Å². The van der Waals surface area contributed by atoms with Crippen molar-refractivity contribution < 1.29 is 0 Å². The molecule has 84 valence electrons. The van der Waals surface area contributed by atoms with Crippen LogP contribution in [0.5, 0.6) is 0 Å². The van der Waals surface area contributed by atoms with Gasteiger partial charge in [0.15, 0.2) is 0 Å². The molecule has 0 heterocycles. The summed E-state index contributed by atoms with van der Waals surface area (Å²) in [4.78, 5) is 0. The third kappa shape index (κ3) is 5.73. The Hall–Kier alpha value is -0.630. The Morgan fingerprint density at radius 1 is 1.13 bits per heavy atom. The van der Waals surface area contributed by atoms with Gasteiger partial charge in [-0.25, -0.2) is 0 Å². The molecule has 0 radical (unpaired) electrons. The Bertz CT molecular complexity index is 258. The number of anilines is 1. The summed E-state index contributed by atoms with van der Waals surface area (Å²) in [5.41, 5.74) is 1.22. The van der Waals surface area contributed by atoms with Gasteiger partial charge in [-0.2, -0.15) is 11.8 Å². The highest BCUT2D eigenvalue weighted by Gasteiger charge is 2.03. The fraction of sp³-hybridized carbons (Fsp3) is 0.538. The highest BCUT2D eigenvalue weighted by atomic mass is 32.2. The Morgan fingerprint density at radius 2 is 1.80 bits per heavy atom. The molecule has 2 heteroatoms. The van der Waals surface area contributed by atoms with Crippen molar-refractivity contribution in [2.24, 2.45) is 5.92 Å². The van der Waals surface area contributed by atoms with Gasteiger partial charge < -0.3 is 5.32 Å². The number of hydrogen-bond donors (Lipinski definition) is 1. The summed E-state index contributed by atoms with van der Waals surface area (Å²) in [6, 6.07) is 10.4. The number of nitrogens with one attached hydrogen (secondary N) is 1. The van der Waals surface area contributed by atoms with Gasteiger partial charge in [0.1, 0.15) is 0 Å². The van der Waals surface area contributed by atoms with Crippen molar-refractivity contribution >= 4 is 17.4 Å². The first-order valence-electron chi connectivity index (χ1n) is 5.59. The molecule has 0 aliphatic heterocycles. The first-order valence-corrected chi connectivity index (χ1v) is 6.64. The van der Waals surface area contributed by atoms with Crippen molar-refractivity contribution in [2.45, 2.75) is 26.0 Å². The van der Waals surface area contributed by atoms with Crippen LogP contribution in [0.2, 0.25) is 0 Å². The molecular formula is C13H21NS. The van der Waals surface area contributed by atoms with Crippen LogP contribution in [-0.2, 0) is 0 Å². The van der Waals surface area contributed by atoms with E-state index in [1.807, 2.05) is 17.8 Å². The van der Waals surface area contributed by atoms with Crippen molar-refractivity contribution in [2.75, 3.05) is 17.6 Å². The van der Waals surface area contributed by atoms with Crippen LogP contribution >= 0.6 is 11.8 Å². The molecule has 0 amide bonds. The topological polar surface area (TPSA) is 12.0 Å². The third-order valence-electron chi connectivity index (χ3n) is 2.08. The monoisotopic (exact) mass is 223 g/mol. The molecule has 1 aromatic carbocycles. The van der Waals surface area contributed by atoms with Crippen molar-refractivity contribution in [3.63, 3.8) is 0 Å². The normalized spacial score (nSPS) is 12.8. The molecule has 0 aliphatic carbocycles. The van der Waals surface area contributed by atoms with Gasteiger partial charge >= 0.3 is 0 Å². The van der Waals surface area contributed by atoms with Crippen molar-refractivity contribution in [1.29, 1.82) is 0 Å². The molecule has 0 fully saturated rings. The van der Waals surface area contributed by atoms with Crippen molar-refractivity contribution in [1.82, 2.24) is 0 Å². The highest BCUT2D eigenvalue weighted by Crippen LogP contribution is 2.15. The number of para-hydroxylation sites is 1. The van der Waals surface area contributed by atoms with Crippen molar-refractivity contribution in [3.8, 4) is 0 Å². The lowest BCUT2D eigenvalue weighted by molar-refractivity contribution is 0.747. The number of benzene rings is 1. The Balaban J connectivity index is 2.19. The molecule has 1 nitrogen and oxygen atoms in total. The van der Waals surface area contributed by atoms with Gasteiger partial charge in [-0.15, -0.1) is 0 Å². The summed E-state index contributed by atoms with van der Waals surface area (Å²) in [5, 5.41) is 4.12. The van der Waals surface area contributed by atoms with E-state index in [1.165, 1.54) is 11.4 Å². The summed E-state index contributed by atoms with van der Waals surface area (Å²) in [6.45, 7) is 7.86. The lowest BCUT2D eigenvalue weighted by Gasteiger charge is -2.14. The maximum Gasteiger partial charge on any atom is 0.0340 e. The van der Waals surface area contributed by atoms with E-state index in [0.29, 0.717) is 5.25 Å². The van der Waals surface area contributed by atoms with E-state index in [9.17, 15) is 0 Å². The fourth-order valence-corrected chi connectivity index (χ4v) is 2.15. The Morgan fingerprint density at radius 3 is 2.40 bits per heavy atom. The third-order valence-corrected chi connectivity index (χ3v) is 3.68. The minimum Gasteiger partial charge on any atom is -0.384 e. The summed E-state index contributed by atoms with van der Waals surface area (Å²) < 4.78 is 0. The van der Waals surface area contributed by atoms with Gasteiger partial charge in [0.25, 0.3) is 0 Å². The summed E-state index contributed by atoms with van der Waals surface area (Å²) in [7, 11) is 0. The standard InChI is InChI=1S/C13H21NS/c1-11(2)10-15-12(3)9-14-13-7-5-4-6-8-13/h4-8,11-12,14H,9-10H2,1-3H3. The molecule has 15 heavy (non-hydrogen) atoms. The molecule has 0 bridgehead atoms. The van der Waals surface area contributed by atoms with Crippen molar-refractivity contribution in [3.05, 3.63) is 30.3 Å². The van der Waals surface area contributed by atoms with E-state index in [2.05, 4.69) is 50.4 Å². The number of thioether (sulfide) groups is 1. The van der Waals surface area contributed by atoms with Crippen LogP contribution < -0.4 is 5.32 Å². The van der Waals surface area contributed by atoms with E-state index in [-0.39, 0.29) is 0 Å². The Kier molecular flexibility index (Phi) is 5.62. The van der Waals surface area contributed by atoms with Crippen LogP contribution in [0.15, 0.2) is 30.3 Å². The molecule has 0 saturated carbocycles. The van der Waals surface area contributed by atoms with Crippen LogP contribution in [0.3, 0.4) is 0 Å². The van der Waals surface area contributed by atoms with Gasteiger partial charge in [0, 0.05) is 17.5 Å². The van der Waals surface area contributed by atoms with Gasteiger partial charge in [0.05, 0.1) is 0 Å².